The molecule has 0 unspecified atom stereocenters. The summed E-state index contributed by atoms with van der Waals surface area (Å²) in [7, 11) is 0. The molecule has 1 aromatic carbocycles. The molecular weight excluding hydrogens is 276 g/mol. The van der Waals surface area contributed by atoms with Crippen molar-refractivity contribution in [3.8, 4) is 11.1 Å². The van der Waals surface area contributed by atoms with Crippen LogP contribution in [-0.2, 0) is 6.54 Å². The molecule has 1 aromatic heterocycles. The third-order valence-electron chi connectivity index (χ3n) is 3.22. The molecule has 0 N–H and O–H groups in total. The van der Waals surface area contributed by atoms with Crippen LogP contribution in [0.3, 0.4) is 0 Å². The Morgan fingerprint density at radius 1 is 1.24 bits per heavy atom. The standard InChI is InChI=1S/C14H17BrN2/c1-5-17-11(4)14(10(3)16-17)12-7-6-8-13(15)9(12)2/h6-8H,5H2,1-4H3. The minimum absolute atomic E-state index is 0.916. The molecule has 2 rings (SSSR count). The maximum atomic E-state index is 4.58. The van der Waals surface area contributed by atoms with E-state index in [2.05, 4.69) is 71.6 Å². The van der Waals surface area contributed by atoms with Crippen LogP contribution in [-0.4, -0.2) is 9.78 Å². The predicted molar refractivity (Wildman–Crippen MR) is 75.2 cm³/mol. The Labute approximate surface area is 111 Å². The lowest BCUT2D eigenvalue weighted by Crippen LogP contribution is -1.98. The van der Waals surface area contributed by atoms with Crippen molar-refractivity contribution >= 4 is 15.9 Å². The van der Waals surface area contributed by atoms with Crippen LogP contribution in [0.25, 0.3) is 11.1 Å². The van der Waals surface area contributed by atoms with Gasteiger partial charge < -0.3 is 0 Å². The van der Waals surface area contributed by atoms with Crippen LogP contribution in [0, 0.1) is 20.8 Å². The zero-order valence-corrected chi connectivity index (χ0v) is 12.3. The molecule has 0 fully saturated rings. The molecule has 0 aliphatic carbocycles. The number of halogens is 1. The highest BCUT2D eigenvalue weighted by molar-refractivity contribution is 9.10. The summed E-state index contributed by atoms with van der Waals surface area (Å²) in [6.45, 7) is 9.40. The molecule has 2 nitrogen and oxygen atoms in total. The summed E-state index contributed by atoms with van der Waals surface area (Å²) in [6, 6.07) is 6.32. The number of rotatable bonds is 2. The van der Waals surface area contributed by atoms with Crippen molar-refractivity contribution in [1.29, 1.82) is 0 Å². The highest BCUT2D eigenvalue weighted by atomic mass is 79.9. The van der Waals surface area contributed by atoms with E-state index in [0.29, 0.717) is 0 Å². The molecule has 2 aromatic rings. The van der Waals surface area contributed by atoms with Gasteiger partial charge in [0.2, 0.25) is 0 Å². The molecule has 0 saturated carbocycles. The smallest absolute Gasteiger partial charge is 0.0675 e. The Balaban J connectivity index is 2.68. The quantitative estimate of drug-likeness (QED) is 0.809. The molecule has 0 spiro atoms. The molecule has 0 amide bonds. The number of aryl methyl sites for hydroxylation is 2. The van der Waals surface area contributed by atoms with E-state index in [0.717, 1.165) is 16.7 Å². The first-order valence-electron chi connectivity index (χ1n) is 5.85. The SMILES string of the molecule is CCn1nc(C)c(-c2cccc(Br)c2C)c1C. The number of aromatic nitrogens is 2. The molecule has 90 valence electrons. The number of hydrogen-bond acceptors (Lipinski definition) is 1. The second-order valence-electron chi connectivity index (χ2n) is 4.27. The first-order valence-corrected chi connectivity index (χ1v) is 6.65. The van der Waals surface area contributed by atoms with Gasteiger partial charge in [0.25, 0.3) is 0 Å². The summed E-state index contributed by atoms with van der Waals surface area (Å²) in [5.41, 5.74) is 6.16. The van der Waals surface area contributed by atoms with E-state index < -0.39 is 0 Å². The summed E-state index contributed by atoms with van der Waals surface area (Å²) < 4.78 is 3.21. The van der Waals surface area contributed by atoms with Crippen LogP contribution in [0.5, 0.6) is 0 Å². The normalized spacial score (nSPS) is 10.9. The lowest BCUT2D eigenvalue weighted by Gasteiger charge is -2.08. The Bertz CT molecular complexity index is 556. The summed E-state index contributed by atoms with van der Waals surface area (Å²) in [5, 5.41) is 4.58. The molecule has 1 heterocycles. The number of nitrogens with zero attached hydrogens (tertiary/aromatic N) is 2. The fraction of sp³-hybridized carbons (Fsp3) is 0.357. The second-order valence-corrected chi connectivity index (χ2v) is 5.13. The minimum Gasteiger partial charge on any atom is -0.269 e. The van der Waals surface area contributed by atoms with Gasteiger partial charge in [0.1, 0.15) is 0 Å². The van der Waals surface area contributed by atoms with Gasteiger partial charge in [-0.1, -0.05) is 28.1 Å². The van der Waals surface area contributed by atoms with Gasteiger partial charge in [-0.05, 0) is 44.9 Å². The summed E-state index contributed by atoms with van der Waals surface area (Å²) >= 11 is 3.59. The van der Waals surface area contributed by atoms with Gasteiger partial charge in [-0.2, -0.15) is 5.10 Å². The van der Waals surface area contributed by atoms with Crippen molar-refractivity contribution < 1.29 is 0 Å². The molecule has 0 bridgehead atoms. The zero-order valence-electron chi connectivity index (χ0n) is 10.7. The first kappa shape index (κ1) is 12.4. The molecule has 0 aliphatic rings. The van der Waals surface area contributed by atoms with Crippen molar-refractivity contribution in [3.05, 3.63) is 39.6 Å². The van der Waals surface area contributed by atoms with Crippen LogP contribution in [0.15, 0.2) is 22.7 Å². The lowest BCUT2D eigenvalue weighted by molar-refractivity contribution is 0.634. The minimum atomic E-state index is 0.916. The number of hydrogen-bond donors (Lipinski definition) is 0. The average molecular weight is 293 g/mol. The fourth-order valence-corrected chi connectivity index (χ4v) is 2.64. The molecule has 0 saturated heterocycles. The Hall–Kier alpha value is -1.09. The average Bonchev–Trinajstić information content (AvgIpc) is 2.58. The van der Waals surface area contributed by atoms with Gasteiger partial charge in [0, 0.05) is 22.3 Å². The van der Waals surface area contributed by atoms with E-state index in [1.165, 1.54) is 22.4 Å². The molecule has 17 heavy (non-hydrogen) atoms. The highest BCUT2D eigenvalue weighted by Crippen LogP contribution is 2.32. The maximum absolute atomic E-state index is 4.58. The predicted octanol–water partition coefficient (Wildman–Crippen LogP) is 4.26. The molecular formula is C14H17BrN2. The third-order valence-corrected chi connectivity index (χ3v) is 4.08. The zero-order chi connectivity index (χ0) is 12.6. The van der Waals surface area contributed by atoms with Crippen LogP contribution < -0.4 is 0 Å². The summed E-state index contributed by atoms with van der Waals surface area (Å²) in [6.07, 6.45) is 0. The van der Waals surface area contributed by atoms with Crippen LogP contribution in [0.1, 0.15) is 23.9 Å². The summed E-state index contributed by atoms with van der Waals surface area (Å²) in [4.78, 5) is 0. The van der Waals surface area contributed by atoms with Crippen LogP contribution in [0.2, 0.25) is 0 Å². The molecule has 0 atom stereocenters. The number of benzene rings is 1. The Morgan fingerprint density at radius 3 is 2.53 bits per heavy atom. The fourth-order valence-electron chi connectivity index (χ4n) is 2.27. The van der Waals surface area contributed by atoms with Crippen LogP contribution >= 0.6 is 15.9 Å². The van der Waals surface area contributed by atoms with E-state index in [9.17, 15) is 0 Å². The van der Waals surface area contributed by atoms with Gasteiger partial charge in [0.05, 0.1) is 5.69 Å². The third kappa shape index (κ3) is 2.04. The van der Waals surface area contributed by atoms with Crippen molar-refractivity contribution in [3.63, 3.8) is 0 Å². The van der Waals surface area contributed by atoms with E-state index in [4.69, 9.17) is 0 Å². The Morgan fingerprint density at radius 2 is 1.94 bits per heavy atom. The van der Waals surface area contributed by atoms with Gasteiger partial charge in [-0.3, -0.25) is 4.68 Å². The summed E-state index contributed by atoms with van der Waals surface area (Å²) in [5.74, 6) is 0. The molecule has 3 heteroatoms. The van der Waals surface area contributed by atoms with E-state index in [-0.39, 0.29) is 0 Å². The van der Waals surface area contributed by atoms with Crippen molar-refractivity contribution in [2.45, 2.75) is 34.2 Å². The van der Waals surface area contributed by atoms with E-state index in [1.807, 2.05) is 0 Å². The van der Waals surface area contributed by atoms with Crippen molar-refractivity contribution in [1.82, 2.24) is 9.78 Å². The van der Waals surface area contributed by atoms with Crippen LogP contribution in [0.4, 0.5) is 0 Å². The molecule has 0 aliphatic heterocycles. The maximum Gasteiger partial charge on any atom is 0.0675 e. The highest BCUT2D eigenvalue weighted by Gasteiger charge is 2.15. The van der Waals surface area contributed by atoms with Gasteiger partial charge in [-0.15, -0.1) is 0 Å². The second kappa shape index (κ2) is 4.65. The molecule has 0 radical (unpaired) electrons. The van der Waals surface area contributed by atoms with Gasteiger partial charge in [-0.25, -0.2) is 0 Å². The monoisotopic (exact) mass is 292 g/mol. The Kier molecular flexibility index (Phi) is 3.38. The van der Waals surface area contributed by atoms with Gasteiger partial charge in [0.15, 0.2) is 0 Å². The van der Waals surface area contributed by atoms with E-state index >= 15 is 0 Å². The van der Waals surface area contributed by atoms with Crippen molar-refractivity contribution in [2.24, 2.45) is 0 Å². The largest absolute Gasteiger partial charge is 0.269 e. The lowest BCUT2D eigenvalue weighted by atomic mass is 9.99. The van der Waals surface area contributed by atoms with Gasteiger partial charge >= 0.3 is 0 Å². The van der Waals surface area contributed by atoms with E-state index in [1.54, 1.807) is 0 Å². The topological polar surface area (TPSA) is 17.8 Å². The first-order chi connectivity index (χ1) is 8.06. The van der Waals surface area contributed by atoms with Crippen molar-refractivity contribution in [2.75, 3.05) is 0 Å².